The molecule has 0 fully saturated rings. The number of phenols is 4. The molecule has 0 saturated carbocycles. The maximum Gasteiger partial charge on any atom is 0.275 e. The molecule has 3 aromatic rings. The molecule has 3 rings (SSSR count). The van der Waals surface area contributed by atoms with Crippen molar-refractivity contribution in [3.05, 3.63) is 82.9 Å². The quantitative estimate of drug-likeness (QED) is 0.197. The molecule has 3 aromatic carbocycles. The normalized spacial score (nSPS) is 11.0. The molecule has 0 aliphatic carbocycles. The van der Waals surface area contributed by atoms with Crippen LogP contribution in [-0.2, 0) is 0 Å². The predicted molar refractivity (Wildman–Crippen MR) is 116 cm³/mol. The molecule has 10 nitrogen and oxygen atoms in total. The largest absolute Gasteiger partial charge is 0.507 e. The lowest BCUT2D eigenvalue weighted by Gasteiger charge is -2.09. The number of nitrogens with zero attached hydrogens (tertiary/aromatic N) is 2. The summed E-state index contributed by atoms with van der Waals surface area (Å²) in [4.78, 5) is 24.5. The van der Waals surface area contributed by atoms with Gasteiger partial charge in [-0.2, -0.15) is 10.2 Å². The molecule has 0 heterocycles. The van der Waals surface area contributed by atoms with Crippen LogP contribution in [0.15, 0.2) is 70.9 Å². The molecule has 0 aliphatic heterocycles. The van der Waals surface area contributed by atoms with E-state index in [1.165, 1.54) is 24.6 Å². The van der Waals surface area contributed by atoms with Gasteiger partial charge in [0, 0.05) is 11.1 Å². The highest BCUT2D eigenvalue weighted by Crippen LogP contribution is 2.32. The van der Waals surface area contributed by atoms with E-state index in [1.807, 2.05) is 0 Å². The predicted octanol–water partition coefficient (Wildman–Crippen LogP) is 2.04. The number of carbonyl (C=O) groups is 2. The van der Waals surface area contributed by atoms with Crippen LogP contribution < -0.4 is 10.9 Å². The highest BCUT2D eigenvalue weighted by Gasteiger charge is 2.20. The number of carbonyl (C=O) groups excluding carboxylic acids is 2. The minimum atomic E-state index is -0.853. The number of rotatable bonds is 6. The molecule has 0 unspecified atom stereocenters. The Morgan fingerprint density at radius 2 is 1.00 bits per heavy atom. The molecule has 162 valence electrons. The monoisotopic (exact) mass is 434 g/mol. The summed E-state index contributed by atoms with van der Waals surface area (Å²) >= 11 is 0. The first-order valence-corrected chi connectivity index (χ1v) is 9.16. The second kappa shape index (κ2) is 9.76. The lowest BCUT2D eigenvalue weighted by molar-refractivity contribution is 0.0937. The zero-order chi connectivity index (χ0) is 23.1. The lowest BCUT2D eigenvalue weighted by atomic mass is 10.1. The van der Waals surface area contributed by atoms with Crippen molar-refractivity contribution in [1.29, 1.82) is 0 Å². The Morgan fingerprint density at radius 3 is 1.38 bits per heavy atom. The Bertz CT molecular complexity index is 1130. The Hall–Kier alpha value is -4.86. The Kier molecular flexibility index (Phi) is 6.66. The Labute approximate surface area is 181 Å². The third kappa shape index (κ3) is 5.00. The summed E-state index contributed by atoms with van der Waals surface area (Å²) in [5.41, 5.74) is 4.36. The van der Waals surface area contributed by atoms with Crippen LogP contribution in [0, 0.1) is 0 Å². The number of amides is 2. The number of hydrazone groups is 2. The minimum absolute atomic E-state index is 0.0357. The van der Waals surface area contributed by atoms with Crippen LogP contribution in [0.5, 0.6) is 23.0 Å². The number of hydrogen-bond donors (Lipinski definition) is 6. The zero-order valence-corrected chi connectivity index (χ0v) is 16.4. The molecule has 10 heteroatoms. The molecular formula is C22H18N4O6. The van der Waals surface area contributed by atoms with Gasteiger partial charge in [0.05, 0.1) is 23.6 Å². The summed E-state index contributed by atoms with van der Waals surface area (Å²) in [5.74, 6) is -3.42. The van der Waals surface area contributed by atoms with Gasteiger partial charge in [-0.05, 0) is 36.4 Å². The Balaban J connectivity index is 1.68. The van der Waals surface area contributed by atoms with Gasteiger partial charge in [0.25, 0.3) is 11.8 Å². The summed E-state index contributed by atoms with van der Waals surface area (Å²) in [6.45, 7) is 0. The van der Waals surface area contributed by atoms with Crippen LogP contribution >= 0.6 is 0 Å². The molecule has 32 heavy (non-hydrogen) atoms. The van der Waals surface area contributed by atoms with Gasteiger partial charge >= 0.3 is 0 Å². The van der Waals surface area contributed by atoms with E-state index in [9.17, 15) is 30.0 Å². The van der Waals surface area contributed by atoms with Crippen LogP contribution in [0.2, 0.25) is 0 Å². The van der Waals surface area contributed by atoms with E-state index < -0.39 is 23.3 Å². The lowest BCUT2D eigenvalue weighted by Crippen LogP contribution is -2.20. The van der Waals surface area contributed by atoms with Gasteiger partial charge in [-0.25, -0.2) is 10.9 Å². The summed E-state index contributed by atoms with van der Waals surface area (Å²) in [5, 5.41) is 47.0. The molecule has 0 aromatic heterocycles. The van der Waals surface area contributed by atoms with Crippen molar-refractivity contribution in [2.45, 2.75) is 0 Å². The fraction of sp³-hybridized carbons (Fsp3) is 0. The van der Waals surface area contributed by atoms with Crippen LogP contribution in [0.1, 0.15) is 31.8 Å². The van der Waals surface area contributed by atoms with Gasteiger partial charge in [-0.3, -0.25) is 9.59 Å². The van der Waals surface area contributed by atoms with E-state index in [2.05, 4.69) is 21.1 Å². The van der Waals surface area contributed by atoms with Crippen LogP contribution in [0.25, 0.3) is 0 Å². The average molecular weight is 434 g/mol. The van der Waals surface area contributed by atoms with Gasteiger partial charge in [-0.15, -0.1) is 0 Å². The molecule has 0 saturated heterocycles. The zero-order valence-electron chi connectivity index (χ0n) is 16.4. The van der Waals surface area contributed by atoms with Gasteiger partial charge in [0.2, 0.25) is 0 Å². The molecule has 2 amide bonds. The Morgan fingerprint density at radius 1 is 0.625 bits per heavy atom. The van der Waals surface area contributed by atoms with Crippen molar-refractivity contribution in [2.75, 3.05) is 0 Å². The minimum Gasteiger partial charge on any atom is -0.507 e. The van der Waals surface area contributed by atoms with Gasteiger partial charge in [0.1, 0.15) is 11.5 Å². The van der Waals surface area contributed by atoms with E-state index in [-0.39, 0.29) is 22.6 Å². The molecule has 0 radical (unpaired) electrons. The van der Waals surface area contributed by atoms with Crippen molar-refractivity contribution in [1.82, 2.24) is 10.9 Å². The van der Waals surface area contributed by atoms with Crippen molar-refractivity contribution in [3.63, 3.8) is 0 Å². The maximum atomic E-state index is 12.2. The highest BCUT2D eigenvalue weighted by molar-refractivity contribution is 6.03. The first-order chi connectivity index (χ1) is 15.4. The second-order valence-corrected chi connectivity index (χ2v) is 6.37. The van der Waals surface area contributed by atoms with Crippen molar-refractivity contribution < 1.29 is 30.0 Å². The summed E-state index contributed by atoms with van der Waals surface area (Å²) in [6.07, 6.45) is 2.41. The SMILES string of the molecule is O=C(N/N=C/c1ccccc1O)c1ccc(C(=O)N/N=C/c2ccccc2O)c(O)c1O. The molecule has 0 aliphatic rings. The standard InChI is InChI=1S/C22H18N4O6/c27-17-7-3-1-5-13(17)11-23-25-21(31)15-9-10-16(20(30)19(15)29)22(32)26-24-12-14-6-2-4-8-18(14)28/h1-12,27-30H,(H,25,31)(H,26,32)/b23-11+,24-12+. The molecule has 6 N–H and O–H groups in total. The third-order valence-corrected chi connectivity index (χ3v) is 4.25. The van der Waals surface area contributed by atoms with Gasteiger partial charge < -0.3 is 20.4 Å². The van der Waals surface area contributed by atoms with Crippen LogP contribution in [0.4, 0.5) is 0 Å². The molecule has 0 spiro atoms. The average Bonchev–Trinajstić information content (AvgIpc) is 2.78. The number of aromatic hydroxyl groups is 4. The number of nitrogens with one attached hydrogen (secondary N) is 2. The molecular weight excluding hydrogens is 416 g/mol. The van der Waals surface area contributed by atoms with E-state index in [0.717, 1.165) is 12.1 Å². The summed E-state index contributed by atoms with van der Waals surface area (Å²) in [6, 6.07) is 14.9. The van der Waals surface area contributed by atoms with E-state index >= 15 is 0 Å². The summed E-state index contributed by atoms with van der Waals surface area (Å²) < 4.78 is 0. The smallest absolute Gasteiger partial charge is 0.275 e. The third-order valence-electron chi connectivity index (χ3n) is 4.25. The number of benzene rings is 3. The summed E-state index contributed by atoms with van der Waals surface area (Å²) in [7, 11) is 0. The highest BCUT2D eigenvalue weighted by atomic mass is 16.3. The van der Waals surface area contributed by atoms with Crippen LogP contribution in [-0.4, -0.2) is 44.7 Å². The maximum absolute atomic E-state index is 12.2. The van der Waals surface area contributed by atoms with E-state index in [4.69, 9.17) is 0 Å². The van der Waals surface area contributed by atoms with E-state index in [0.29, 0.717) is 11.1 Å². The van der Waals surface area contributed by atoms with Gasteiger partial charge in [-0.1, -0.05) is 24.3 Å². The second-order valence-electron chi connectivity index (χ2n) is 6.37. The molecule has 0 bridgehead atoms. The van der Waals surface area contributed by atoms with Crippen molar-refractivity contribution in [3.8, 4) is 23.0 Å². The van der Waals surface area contributed by atoms with Gasteiger partial charge in [0.15, 0.2) is 11.5 Å². The molecule has 0 atom stereocenters. The fourth-order valence-electron chi connectivity index (χ4n) is 2.58. The topological polar surface area (TPSA) is 164 Å². The first kappa shape index (κ1) is 21.8. The van der Waals surface area contributed by atoms with E-state index in [1.54, 1.807) is 36.4 Å². The fourth-order valence-corrected chi connectivity index (χ4v) is 2.58. The first-order valence-electron chi connectivity index (χ1n) is 9.16. The van der Waals surface area contributed by atoms with Crippen molar-refractivity contribution >= 4 is 24.2 Å². The number of phenolic OH excluding ortho intramolecular Hbond substituents is 4. The number of para-hydroxylation sites is 2. The van der Waals surface area contributed by atoms with Crippen molar-refractivity contribution in [2.24, 2.45) is 10.2 Å². The van der Waals surface area contributed by atoms with Crippen LogP contribution in [0.3, 0.4) is 0 Å². The number of hydrogen-bond acceptors (Lipinski definition) is 8.